The summed E-state index contributed by atoms with van der Waals surface area (Å²) in [5.41, 5.74) is 1.58. The molecule has 0 aliphatic heterocycles. The van der Waals surface area contributed by atoms with Gasteiger partial charge >= 0.3 is 0 Å². The van der Waals surface area contributed by atoms with Gasteiger partial charge in [0.25, 0.3) is 0 Å². The van der Waals surface area contributed by atoms with Crippen LogP contribution in [0.2, 0.25) is 0 Å². The van der Waals surface area contributed by atoms with Gasteiger partial charge in [-0.3, -0.25) is 9.59 Å². The molecular formula is C11H14O2. The van der Waals surface area contributed by atoms with Gasteiger partial charge in [-0.2, -0.15) is 0 Å². The Morgan fingerprint density at radius 3 is 2.31 bits per heavy atom. The minimum Gasteiger partial charge on any atom is -0.299 e. The fourth-order valence-corrected chi connectivity index (χ4v) is 2.47. The van der Waals surface area contributed by atoms with E-state index in [1.54, 1.807) is 0 Å². The van der Waals surface area contributed by atoms with Gasteiger partial charge in [0.05, 0.1) is 5.41 Å². The lowest BCUT2D eigenvalue weighted by Gasteiger charge is -2.29. The van der Waals surface area contributed by atoms with Gasteiger partial charge in [0.2, 0.25) is 0 Å². The highest BCUT2D eigenvalue weighted by Crippen LogP contribution is 2.43. The Balaban J connectivity index is 2.51. The average Bonchev–Trinajstić information content (AvgIpc) is 2.41. The Bertz CT molecular complexity index is 321. The predicted octanol–water partition coefficient (Wildman–Crippen LogP) is 2.04. The highest BCUT2D eigenvalue weighted by Gasteiger charge is 2.42. The molecule has 2 rings (SSSR count). The zero-order valence-electron chi connectivity index (χ0n) is 8.14. The summed E-state index contributed by atoms with van der Waals surface area (Å²) in [6, 6.07) is 0. The lowest BCUT2D eigenvalue weighted by atomic mass is 9.72. The molecule has 70 valence electrons. The highest BCUT2D eigenvalue weighted by atomic mass is 16.1. The number of hydrogen-bond donors (Lipinski definition) is 0. The molecule has 0 heterocycles. The molecule has 2 nitrogen and oxygen atoms in total. The summed E-state index contributed by atoms with van der Waals surface area (Å²) >= 11 is 0. The Morgan fingerprint density at radius 2 is 1.62 bits per heavy atom. The summed E-state index contributed by atoms with van der Waals surface area (Å²) in [7, 11) is 0. The van der Waals surface area contributed by atoms with E-state index in [1.807, 2.05) is 13.8 Å². The van der Waals surface area contributed by atoms with Crippen LogP contribution in [0.25, 0.3) is 0 Å². The fraction of sp³-hybridized carbons (Fsp3) is 0.636. The van der Waals surface area contributed by atoms with Gasteiger partial charge in [0.15, 0.2) is 5.78 Å². The van der Waals surface area contributed by atoms with Crippen molar-refractivity contribution in [2.24, 2.45) is 5.41 Å². The first kappa shape index (κ1) is 8.67. The third-order valence-electron chi connectivity index (χ3n) is 3.26. The molecule has 0 unspecified atom stereocenters. The van der Waals surface area contributed by atoms with Crippen LogP contribution in [0.5, 0.6) is 0 Å². The van der Waals surface area contributed by atoms with E-state index in [1.165, 1.54) is 5.57 Å². The molecule has 2 aliphatic carbocycles. The molecule has 0 saturated carbocycles. The van der Waals surface area contributed by atoms with E-state index in [-0.39, 0.29) is 11.6 Å². The first-order valence-corrected chi connectivity index (χ1v) is 4.82. The Kier molecular flexibility index (Phi) is 1.69. The number of hydrogen-bond acceptors (Lipinski definition) is 2. The molecule has 0 bridgehead atoms. The molecule has 0 saturated heterocycles. The van der Waals surface area contributed by atoms with Crippen LogP contribution in [0.1, 0.15) is 39.5 Å². The number of rotatable bonds is 0. The van der Waals surface area contributed by atoms with Crippen LogP contribution in [-0.4, -0.2) is 11.6 Å². The Hall–Kier alpha value is -0.920. The zero-order chi connectivity index (χ0) is 9.64. The maximum absolute atomic E-state index is 11.6. The van der Waals surface area contributed by atoms with Crippen LogP contribution in [0.4, 0.5) is 0 Å². The number of carbonyl (C=O) groups excluding carboxylic acids is 2. The van der Waals surface area contributed by atoms with Crippen molar-refractivity contribution in [3.05, 3.63) is 11.1 Å². The molecule has 0 radical (unpaired) electrons. The van der Waals surface area contributed by atoms with E-state index >= 15 is 0 Å². The van der Waals surface area contributed by atoms with E-state index in [0.717, 1.165) is 18.4 Å². The molecular weight excluding hydrogens is 164 g/mol. The van der Waals surface area contributed by atoms with Gasteiger partial charge < -0.3 is 0 Å². The van der Waals surface area contributed by atoms with Crippen LogP contribution in [0.3, 0.4) is 0 Å². The van der Waals surface area contributed by atoms with Crippen LogP contribution in [0, 0.1) is 5.41 Å². The Morgan fingerprint density at radius 1 is 1.00 bits per heavy atom. The van der Waals surface area contributed by atoms with Gasteiger partial charge in [-0.15, -0.1) is 0 Å². The van der Waals surface area contributed by atoms with Gasteiger partial charge in [-0.25, -0.2) is 0 Å². The fourth-order valence-electron chi connectivity index (χ4n) is 2.47. The van der Waals surface area contributed by atoms with E-state index in [2.05, 4.69) is 0 Å². The second-order valence-electron chi connectivity index (χ2n) is 4.45. The van der Waals surface area contributed by atoms with E-state index in [4.69, 9.17) is 0 Å². The SMILES string of the molecule is CC1(C)C(=O)CCC2=C1C(=O)CC2. The summed E-state index contributed by atoms with van der Waals surface area (Å²) in [5.74, 6) is 0.426. The molecule has 2 aliphatic rings. The topological polar surface area (TPSA) is 34.1 Å². The monoisotopic (exact) mass is 178 g/mol. The van der Waals surface area contributed by atoms with E-state index in [9.17, 15) is 9.59 Å². The summed E-state index contributed by atoms with van der Waals surface area (Å²) in [4.78, 5) is 23.2. The molecule has 0 amide bonds. The number of ketones is 2. The number of allylic oxidation sites excluding steroid dienone is 2. The lowest BCUT2D eigenvalue weighted by Crippen LogP contribution is -2.32. The standard InChI is InChI=1S/C11H14O2/c1-11(2)9(13)6-4-7-3-5-8(12)10(7)11/h3-6H2,1-2H3. The molecule has 13 heavy (non-hydrogen) atoms. The van der Waals surface area contributed by atoms with Gasteiger partial charge in [-0.05, 0) is 26.7 Å². The molecule has 2 heteroatoms. The largest absolute Gasteiger partial charge is 0.299 e. The van der Waals surface area contributed by atoms with Crippen molar-refractivity contribution in [3.8, 4) is 0 Å². The van der Waals surface area contributed by atoms with Crippen molar-refractivity contribution in [1.29, 1.82) is 0 Å². The van der Waals surface area contributed by atoms with Crippen molar-refractivity contribution >= 4 is 11.6 Å². The average molecular weight is 178 g/mol. The smallest absolute Gasteiger partial charge is 0.160 e. The third kappa shape index (κ3) is 1.08. The highest BCUT2D eigenvalue weighted by molar-refractivity contribution is 6.07. The summed E-state index contributed by atoms with van der Waals surface area (Å²) in [6.07, 6.45) is 2.97. The maximum Gasteiger partial charge on any atom is 0.160 e. The normalized spacial score (nSPS) is 26.6. The van der Waals surface area contributed by atoms with Crippen LogP contribution in [0.15, 0.2) is 11.1 Å². The first-order valence-electron chi connectivity index (χ1n) is 4.82. The summed E-state index contributed by atoms with van der Waals surface area (Å²) < 4.78 is 0. The van der Waals surface area contributed by atoms with Gasteiger partial charge in [-0.1, -0.05) is 5.57 Å². The van der Waals surface area contributed by atoms with Crippen molar-refractivity contribution in [3.63, 3.8) is 0 Å². The number of carbonyl (C=O) groups is 2. The zero-order valence-corrected chi connectivity index (χ0v) is 8.14. The lowest BCUT2D eigenvalue weighted by molar-refractivity contribution is -0.128. The van der Waals surface area contributed by atoms with E-state index < -0.39 is 5.41 Å². The molecule has 0 fully saturated rings. The molecule has 0 atom stereocenters. The summed E-state index contributed by atoms with van der Waals surface area (Å²) in [5, 5.41) is 0. The van der Waals surface area contributed by atoms with Crippen molar-refractivity contribution < 1.29 is 9.59 Å². The van der Waals surface area contributed by atoms with Crippen LogP contribution >= 0.6 is 0 Å². The van der Waals surface area contributed by atoms with Gasteiger partial charge in [0, 0.05) is 18.4 Å². The van der Waals surface area contributed by atoms with Crippen molar-refractivity contribution in [2.45, 2.75) is 39.5 Å². The molecule has 0 N–H and O–H groups in total. The molecule has 0 spiro atoms. The minimum atomic E-state index is -0.499. The quantitative estimate of drug-likeness (QED) is 0.568. The van der Waals surface area contributed by atoms with Gasteiger partial charge in [0.1, 0.15) is 5.78 Å². The number of Topliss-reactive ketones (excluding diaryl/α,β-unsaturated/α-hetero) is 2. The van der Waals surface area contributed by atoms with Crippen molar-refractivity contribution in [2.75, 3.05) is 0 Å². The molecule has 0 aromatic heterocycles. The van der Waals surface area contributed by atoms with Crippen LogP contribution in [-0.2, 0) is 9.59 Å². The van der Waals surface area contributed by atoms with Crippen LogP contribution < -0.4 is 0 Å². The predicted molar refractivity (Wildman–Crippen MR) is 49.3 cm³/mol. The second-order valence-corrected chi connectivity index (χ2v) is 4.45. The van der Waals surface area contributed by atoms with E-state index in [0.29, 0.717) is 12.8 Å². The summed E-state index contributed by atoms with van der Waals surface area (Å²) in [6.45, 7) is 3.76. The molecule has 0 aromatic rings. The minimum absolute atomic E-state index is 0.202. The first-order chi connectivity index (χ1) is 6.03. The third-order valence-corrected chi connectivity index (χ3v) is 3.26. The molecule has 0 aromatic carbocycles. The Labute approximate surface area is 78.0 Å². The maximum atomic E-state index is 11.6. The van der Waals surface area contributed by atoms with Crippen molar-refractivity contribution in [1.82, 2.24) is 0 Å². The second kappa shape index (κ2) is 2.53.